The standard InChI is InChI=1S/C26H23ClFN3O3/c1-14-9-17(24-19(28)12-18(27)13-31-24)10-15(2)22(14)23-21(32)11-16(25(23)33)6-8-30-26(34)20-5-3-4-7-29-20/h3-5,7,9-10,12-13,16,23H,6,8,11H2,1-2H3,(H,30,34). The highest BCUT2D eigenvalue weighted by molar-refractivity contribution is 6.30. The SMILES string of the molecule is Cc1cc(-c2ncc(Cl)cc2F)cc(C)c1C1C(=O)CC(CCNC(=O)c2ccccn2)C1=O. The Morgan fingerprint density at radius 3 is 2.53 bits per heavy atom. The zero-order valence-corrected chi connectivity index (χ0v) is 19.5. The third-order valence-electron chi connectivity index (χ3n) is 6.10. The van der Waals surface area contributed by atoms with Gasteiger partial charge in [-0.15, -0.1) is 0 Å². The molecule has 2 heterocycles. The summed E-state index contributed by atoms with van der Waals surface area (Å²) in [5.41, 5.74) is 3.12. The quantitative estimate of drug-likeness (QED) is 0.521. The summed E-state index contributed by atoms with van der Waals surface area (Å²) in [6.45, 7) is 3.88. The van der Waals surface area contributed by atoms with Crippen LogP contribution in [0.3, 0.4) is 0 Å². The van der Waals surface area contributed by atoms with E-state index in [-0.39, 0.29) is 41.2 Å². The first-order valence-corrected chi connectivity index (χ1v) is 11.3. The fraction of sp³-hybridized carbons (Fsp3) is 0.269. The minimum absolute atomic E-state index is 0.136. The molecule has 0 aliphatic heterocycles. The molecule has 174 valence electrons. The van der Waals surface area contributed by atoms with Gasteiger partial charge in [0.25, 0.3) is 5.91 Å². The van der Waals surface area contributed by atoms with Gasteiger partial charge in [0.2, 0.25) is 0 Å². The first kappa shape index (κ1) is 23.7. The lowest BCUT2D eigenvalue weighted by Crippen LogP contribution is -2.27. The van der Waals surface area contributed by atoms with E-state index in [4.69, 9.17) is 11.6 Å². The Labute approximate surface area is 201 Å². The van der Waals surface area contributed by atoms with Gasteiger partial charge in [0.05, 0.1) is 5.02 Å². The molecule has 1 aromatic carbocycles. The molecule has 3 aromatic rings. The van der Waals surface area contributed by atoms with Crippen LogP contribution in [0.4, 0.5) is 4.39 Å². The van der Waals surface area contributed by atoms with Crippen molar-refractivity contribution in [2.45, 2.75) is 32.6 Å². The van der Waals surface area contributed by atoms with E-state index in [1.54, 1.807) is 44.2 Å². The molecular weight excluding hydrogens is 457 g/mol. The van der Waals surface area contributed by atoms with E-state index in [9.17, 15) is 18.8 Å². The molecule has 1 aliphatic rings. The van der Waals surface area contributed by atoms with Gasteiger partial charge in [-0.25, -0.2) is 4.39 Å². The van der Waals surface area contributed by atoms with E-state index in [0.29, 0.717) is 23.2 Å². The van der Waals surface area contributed by atoms with Crippen molar-refractivity contribution in [3.8, 4) is 11.3 Å². The molecule has 2 aromatic heterocycles. The first-order chi connectivity index (χ1) is 16.3. The Balaban J connectivity index is 1.49. The van der Waals surface area contributed by atoms with Crippen molar-refractivity contribution >= 4 is 29.1 Å². The lowest BCUT2D eigenvalue weighted by atomic mass is 9.85. The maximum absolute atomic E-state index is 14.4. The van der Waals surface area contributed by atoms with Gasteiger partial charge in [0, 0.05) is 36.8 Å². The average Bonchev–Trinajstić information content (AvgIpc) is 3.07. The summed E-state index contributed by atoms with van der Waals surface area (Å²) in [4.78, 5) is 46.3. The second-order valence-electron chi connectivity index (χ2n) is 8.47. The third kappa shape index (κ3) is 4.75. The number of ketones is 2. The van der Waals surface area contributed by atoms with Crippen LogP contribution in [0.1, 0.15) is 45.9 Å². The lowest BCUT2D eigenvalue weighted by molar-refractivity contribution is -0.124. The minimum atomic E-state index is -0.853. The molecule has 8 heteroatoms. The maximum atomic E-state index is 14.4. The number of aromatic nitrogens is 2. The molecule has 6 nitrogen and oxygen atoms in total. The highest BCUT2D eigenvalue weighted by atomic mass is 35.5. The van der Waals surface area contributed by atoms with Gasteiger partial charge >= 0.3 is 0 Å². The number of halogens is 2. The van der Waals surface area contributed by atoms with Gasteiger partial charge in [-0.05, 0) is 67.3 Å². The minimum Gasteiger partial charge on any atom is -0.351 e. The fourth-order valence-electron chi connectivity index (χ4n) is 4.54. The van der Waals surface area contributed by atoms with E-state index >= 15 is 0 Å². The number of aryl methyl sites for hydroxylation is 2. The van der Waals surface area contributed by atoms with Crippen LogP contribution in [0.5, 0.6) is 0 Å². The predicted octanol–water partition coefficient (Wildman–Crippen LogP) is 4.61. The lowest BCUT2D eigenvalue weighted by Gasteiger charge is -2.17. The summed E-state index contributed by atoms with van der Waals surface area (Å²) in [5.74, 6) is -2.46. The molecule has 1 saturated carbocycles. The van der Waals surface area contributed by atoms with Crippen LogP contribution in [-0.4, -0.2) is 34.0 Å². The topological polar surface area (TPSA) is 89.0 Å². The summed E-state index contributed by atoms with van der Waals surface area (Å²) in [5, 5.41) is 2.96. The van der Waals surface area contributed by atoms with Gasteiger partial charge < -0.3 is 5.32 Å². The monoisotopic (exact) mass is 479 g/mol. The van der Waals surface area contributed by atoms with Gasteiger partial charge in [-0.3, -0.25) is 24.4 Å². The van der Waals surface area contributed by atoms with E-state index in [0.717, 1.165) is 11.1 Å². The number of nitrogens with zero attached hydrogens (tertiary/aromatic N) is 2. The summed E-state index contributed by atoms with van der Waals surface area (Å²) in [7, 11) is 0. The summed E-state index contributed by atoms with van der Waals surface area (Å²) >= 11 is 5.80. The predicted molar refractivity (Wildman–Crippen MR) is 126 cm³/mol. The normalized spacial score (nSPS) is 17.8. The number of carbonyl (C=O) groups is 3. The van der Waals surface area contributed by atoms with Crippen LogP contribution in [0, 0.1) is 25.6 Å². The number of hydrogen-bond donors (Lipinski definition) is 1. The maximum Gasteiger partial charge on any atom is 0.269 e. The number of hydrogen-bond acceptors (Lipinski definition) is 5. The third-order valence-corrected chi connectivity index (χ3v) is 6.30. The molecule has 0 saturated heterocycles. The number of amides is 1. The zero-order chi connectivity index (χ0) is 24.4. The van der Waals surface area contributed by atoms with Crippen molar-refractivity contribution in [1.29, 1.82) is 0 Å². The molecule has 0 bridgehead atoms. The summed E-state index contributed by atoms with van der Waals surface area (Å²) in [6.07, 6.45) is 3.42. The molecule has 0 radical (unpaired) electrons. The highest BCUT2D eigenvalue weighted by Gasteiger charge is 2.42. The second kappa shape index (κ2) is 9.81. The van der Waals surface area contributed by atoms with Crippen molar-refractivity contribution in [1.82, 2.24) is 15.3 Å². The largest absolute Gasteiger partial charge is 0.351 e. The van der Waals surface area contributed by atoms with E-state index < -0.39 is 17.7 Å². The number of rotatable bonds is 6. The molecule has 2 unspecified atom stereocenters. The second-order valence-corrected chi connectivity index (χ2v) is 8.91. The average molecular weight is 480 g/mol. The number of pyridine rings is 2. The Kier molecular flexibility index (Phi) is 6.84. The number of benzene rings is 1. The molecular formula is C26H23ClFN3O3. The van der Waals surface area contributed by atoms with Crippen molar-refractivity contribution in [3.05, 3.63) is 82.0 Å². The Morgan fingerprint density at radius 1 is 1.15 bits per heavy atom. The van der Waals surface area contributed by atoms with Gasteiger partial charge in [-0.2, -0.15) is 0 Å². The number of Topliss-reactive ketones (excluding diaryl/α,β-unsaturated/α-hetero) is 2. The Hall–Kier alpha value is -3.45. The molecule has 1 N–H and O–H groups in total. The van der Waals surface area contributed by atoms with Gasteiger partial charge in [-0.1, -0.05) is 17.7 Å². The summed E-state index contributed by atoms with van der Waals surface area (Å²) < 4.78 is 14.4. The zero-order valence-electron chi connectivity index (χ0n) is 18.8. The van der Waals surface area contributed by atoms with Gasteiger partial charge in [0.15, 0.2) is 11.6 Å². The van der Waals surface area contributed by atoms with Crippen LogP contribution in [0.25, 0.3) is 11.3 Å². The number of nitrogens with one attached hydrogen (secondary N) is 1. The van der Waals surface area contributed by atoms with Gasteiger partial charge in [0.1, 0.15) is 23.1 Å². The van der Waals surface area contributed by atoms with Crippen molar-refractivity contribution < 1.29 is 18.8 Å². The molecule has 1 aliphatic carbocycles. The first-order valence-electron chi connectivity index (χ1n) is 10.9. The summed E-state index contributed by atoms with van der Waals surface area (Å²) in [6, 6.07) is 9.73. The van der Waals surface area contributed by atoms with Crippen molar-refractivity contribution in [2.75, 3.05) is 6.54 Å². The molecule has 34 heavy (non-hydrogen) atoms. The molecule has 0 spiro atoms. The highest BCUT2D eigenvalue weighted by Crippen LogP contribution is 2.38. The molecule has 1 amide bonds. The number of carbonyl (C=O) groups excluding carboxylic acids is 3. The van der Waals surface area contributed by atoms with Crippen molar-refractivity contribution in [2.24, 2.45) is 5.92 Å². The molecule has 2 atom stereocenters. The van der Waals surface area contributed by atoms with E-state index in [1.165, 1.54) is 18.5 Å². The van der Waals surface area contributed by atoms with E-state index in [1.807, 2.05) is 0 Å². The van der Waals surface area contributed by atoms with E-state index in [2.05, 4.69) is 15.3 Å². The smallest absolute Gasteiger partial charge is 0.269 e. The van der Waals surface area contributed by atoms with Crippen LogP contribution in [0.2, 0.25) is 5.02 Å². The van der Waals surface area contributed by atoms with Crippen LogP contribution < -0.4 is 5.32 Å². The van der Waals surface area contributed by atoms with Crippen LogP contribution >= 0.6 is 11.6 Å². The Bertz CT molecular complexity index is 1260. The fourth-order valence-corrected chi connectivity index (χ4v) is 4.69. The van der Waals surface area contributed by atoms with Crippen LogP contribution in [-0.2, 0) is 9.59 Å². The Morgan fingerprint density at radius 2 is 1.88 bits per heavy atom. The molecule has 1 fully saturated rings. The van der Waals surface area contributed by atoms with Crippen LogP contribution in [0.15, 0.2) is 48.8 Å². The molecule has 4 rings (SSSR count). The van der Waals surface area contributed by atoms with Crippen molar-refractivity contribution in [3.63, 3.8) is 0 Å².